The fourth-order valence-electron chi connectivity index (χ4n) is 3.28. The van der Waals surface area contributed by atoms with E-state index in [2.05, 4.69) is 4.98 Å². The molecule has 2 aromatic carbocycles. The first-order valence-electron chi connectivity index (χ1n) is 9.00. The number of benzene rings is 2. The van der Waals surface area contributed by atoms with E-state index in [1.807, 2.05) is 62.4 Å². The summed E-state index contributed by atoms with van der Waals surface area (Å²) in [7, 11) is 0. The fraction of sp³-hybridized carbons (Fsp3) is 0.190. The van der Waals surface area contributed by atoms with Gasteiger partial charge in [0.2, 0.25) is 0 Å². The van der Waals surface area contributed by atoms with Crippen LogP contribution < -0.4 is 5.56 Å². The van der Waals surface area contributed by atoms with E-state index in [0.717, 1.165) is 28.2 Å². The monoisotopic (exact) mass is 393 g/mol. The summed E-state index contributed by atoms with van der Waals surface area (Å²) in [6, 6.07) is 15.1. The normalized spacial score (nSPS) is 12.5. The number of nitrogens with one attached hydrogen (secondary N) is 1. The molecule has 1 atom stereocenters. The van der Waals surface area contributed by atoms with Gasteiger partial charge in [0.15, 0.2) is 5.16 Å². The standard InChI is InChI=1S/C21H19N3O3S/c1-3-16(20(26)27)28-21-23-17-13-9-5-6-10-14(13)22-18(17)19(25)24(21)15-11-7-4-8-12(15)2/h4-11,16,22H,3H2,1-2H3,(H,26,27). The van der Waals surface area contributed by atoms with Crippen molar-refractivity contribution in [3.8, 4) is 5.69 Å². The maximum Gasteiger partial charge on any atom is 0.317 e. The van der Waals surface area contributed by atoms with E-state index in [9.17, 15) is 14.7 Å². The molecule has 0 aliphatic carbocycles. The minimum Gasteiger partial charge on any atom is -0.480 e. The molecule has 28 heavy (non-hydrogen) atoms. The Morgan fingerprint density at radius 3 is 2.64 bits per heavy atom. The van der Waals surface area contributed by atoms with Crippen molar-refractivity contribution in [2.24, 2.45) is 0 Å². The van der Waals surface area contributed by atoms with Crippen LogP contribution in [0.5, 0.6) is 0 Å². The number of carbonyl (C=O) groups is 1. The Labute approximate surface area is 165 Å². The van der Waals surface area contributed by atoms with E-state index in [0.29, 0.717) is 28.3 Å². The summed E-state index contributed by atoms with van der Waals surface area (Å²) in [6.07, 6.45) is 0.426. The van der Waals surface area contributed by atoms with E-state index in [-0.39, 0.29) is 5.56 Å². The molecule has 2 N–H and O–H groups in total. The first-order chi connectivity index (χ1) is 13.5. The molecule has 0 spiro atoms. The highest BCUT2D eigenvalue weighted by molar-refractivity contribution is 8.00. The Morgan fingerprint density at radius 2 is 1.93 bits per heavy atom. The van der Waals surface area contributed by atoms with Crippen LogP contribution in [0.2, 0.25) is 0 Å². The van der Waals surface area contributed by atoms with Gasteiger partial charge >= 0.3 is 5.97 Å². The highest BCUT2D eigenvalue weighted by Crippen LogP contribution is 2.30. The molecule has 0 saturated heterocycles. The van der Waals surface area contributed by atoms with Gasteiger partial charge in [0.1, 0.15) is 16.3 Å². The van der Waals surface area contributed by atoms with E-state index in [1.54, 1.807) is 0 Å². The zero-order valence-corrected chi connectivity index (χ0v) is 16.3. The van der Waals surface area contributed by atoms with Crippen molar-refractivity contribution >= 4 is 39.7 Å². The molecule has 0 saturated carbocycles. The van der Waals surface area contributed by atoms with Gasteiger partial charge in [-0.05, 0) is 31.0 Å². The van der Waals surface area contributed by atoms with Crippen LogP contribution in [0.4, 0.5) is 0 Å². The topological polar surface area (TPSA) is 88.0 Å². The van der Waals surface area contributed by atoms with Gasteiger partial charge in [-0.25, -0.2) is 4.98 Å². The number of rotatable bonds is 5. The van der Waals surface area contributed by atoms with Crippen LogP contribution in [0, 0.1) is 6.92 Å². The number of carboxylic acids is 1. The quantitative estimate of drug-likeness (QED) is 0.393. The Hall–Kier alpha value is -3.06. The maximum atomic E-state index is 13.4. The lowest BCUT2D eigenvalue weighted by Crippen LogP contribution is -2.24. The van der Waals surface area contributed by atoms with Crippen molar-refractivity contribution in [2.75, 3.05) is 0 Å². The van der Waals surface area contributed by atoms with E-state index >= 15 is 0 Å². The minimum atomic E-state index is -0.919. The number of aromatic amines is 1. The average molecular weight is 393 g/mol. The van der Waals surface area contributed by atoms with Crippen LogP contribution in [0.1, 0.15) is 18.9 Å². The third kappa shape index (κ3) is 2.97. The number of nitrogens with zero attached hydrogens (tertiary/aromatic N) is 2. The zero-order chi connectivity index (χ0) is 19.8. The molecule has 7 heteroatoms. The second-order valence-electron chi connectivity index (χ2n) is 6.57. The largest absolute Gasteiger partial charge is 0.480 e. The van der Waals surface area contributed by atoms with Gasteiger partial charge in [0.05, 0.1) is 5.69 Å². The van der Waals surface area contributed by atoms with Crippen molar-refractivity contribution in [3.63, 3.8) is 0 Å². The zero-order valence-electron chi connectivity index (χ0n) is 15.5. The van der Waals surface area contributed by atoms with E-state index in [4.69, 9.17) is 4.98 Å². The van der Waals surface area contributed by atoms with E-state index < -0.39 is 11.2 Å². The number of fused-ring (bicyclic) bond motifs is 3. The Morgan fingerprint density at radius 1 is 1.21 bits per heavy atom. The van der Waals surface area contributed by atoms with Gasteiger partial charge in [0, 0.05) is 10.9 Å². The lowest BCUT2D eigenvalue weighted by atomic mass is 10.2. The highest BCUT2D eigenvalue weighted by Gasteiger charge is 2.23. The summed E-state index contributed by atoms with van der Waals surface area (Å²) < 4.78 is 1.52. The van der Waals surface area contributed by atoms with Gasteiger partial charge in [-0.15, -0.1) is 0 Å². The Bertz CT molecular complexity index is 1260. The van der Waals surface area contributed by atoms with Gasteiger partial charge in [0.25, 0.3) is 5.56 Å². The molecule has 0 aliphatic rings. The molecule has 0 fully saturated rings. The van der Waals surface area contributed by atoms with Crippen LogP contribution in [0.15, 0.2) is 58.5 Å². The van der Waals surface area contributed by atoms with Crippen LogP contribution >= 0.6 is 11.8 Å². The Balaban J connectivity index is 2.07. The van der Waals surface area contributed by atoms with Gasteiger partial charge in [-0.1, -0.05) is 55.1 Å². The van der Waals surface area contributed by atoms with Gasteiger partial charge < -0.3 is 10.1 Å². The molecule has 4 aromatic rings. The summed E-state index contributed by atoms with van der Waals surface area (Å²) in [5.74, 6) is -0.919. The van der Waals surface area contributed by atoms with Gasteiger partial charge in [-0.3, -0.25) is 14.2 Å². The molecule has 1 unspecified atom stereocenters. The number of hydrogen-bond acceptors (Lipinski definition) is 4. The SMILES string of the molecule is CCC(Sc1nc2c([nH]c3ccccc32)c(=O)n1-c1ccccc1C)C(=O)O. The first kappa shape index (κ1) is 18.3. The molecular weight excluding hydrogens is 374 g/mol. The van der Waals surface area contributed by atoms with Crippen LogP contribution in [0.3, 0.4) is 0 Å². The predicted octanol–water partition coefficient (Wildman–Crippen LogP) is 4.13. The predicted molar refractivity (Wildman–Crippen MR) is 112 cm³/mol. The third-order valence-electron chi connectivity index (χ3n) is 4.74. The molecule has 0 amide bonds. The first-order valence-corrected chi connectivity index (χ1v) is 9.88. The second kappa shape index (κ2) is 7.16. The van der Waals surface area contributed by atoms with E-state index in [1.165, 1.54) is 4.57 Å². The number of H-pyrrole nitrogens is 1. The molecule has 0 radical (unpaired) electrons. The summed E-state index contributed by atoms with van der Waals surface area (Å²) in [4.78, 5) is 33.0. The highest BCUT2D eigenvalue weighted by atomic mass is 32.2. The molecular formula is C21H19N3O3S. The molecule has 0 aliphatic heterocycles. The third-order valence-corrected chi connectivity index (χ3v) is 6.05. The fourth-order valence-corrected chi connectivity index (χ4v) is 4.24. The molecule has 142 valence electrons. The van der Waals surface area contributed by atoms with Crippen molar-refractivity contribution in [1.29, 1.82) is 0 Å². The van der Waals surface area contributed by atoms with Crippen molar-refractivity contribution in [1.82, 2.24) is 14.5 Å². The van der Waals surface area contributed by atoms with Crippen molar-refractivity contribution < 1.29 is 9.90 Å². The smallest absolute Gasteiger partial charge is 0.317 e. The van der Waals surface area contributed by atoms with Crippen LogP contribution in [0.25, 0.3) is 27.6 Å². The summed E-state index contributed by atoms with van der Waals surface area (Å²) in [6.45, 7) is 3.73. The molecule has 2 heterocycles. The van der Waals surface area contributed by atoms with Crippen LogP contribution in [-0.4, -0.2) is 30.9 Å². The average Bonchev–Trinajstić information content (AvgIpc) is 3.06. The number of para-hydroxylation sites is 2. The van der Waals surface area contributed by atoms with Crippen molar-refractivity contribution in [3.05, 3.63) is 64.4 Å². The van der Waals surface area contributed by atoms with Crippen molar-refractivity contribution in [2.45, 2.75) is 30.7 Å². The summed E-state index contributed by atoms with van der Waals surface area (Å²) in [5.41, 5.74) is 3.17. The maximum absolute atomic E-state index is 13.4. The minimum absolute atomic E-state index is 0.238. The number of carboxylic acid groups (broad SMARTS) is 1. The van der Waals surface area contributed by atoms with Crippen LogP contribution in [-0.2, 0) is 4.79 Å². The lowest BCUT2D eigenvalue weighted by molar-refractivity contribution is -0.136. The number of aryl methyl sites for hydroxylation is 1. The van der Waals surface area contributed by atoms with Gasteiger partial charge in [-0.2, -0.15) is 0 Å². The molecule has 6 nitrogen and oxygen atoms in total. The molecule has 0 bridgehead atoms. The second-order valence-corrected chi connectivity index (χ2v) is 7.74. The Kier molecular flexibility index (Phi) is 4.68. The molecule has 2 aromatic heterocycles. The lowest BCUT2D eigenvalue weighted by Gasteiger charge is -2.16. The number of thioether (sulfide) groups is 1. The number of aliphatic carboxylic acids is 1. The number of hydrogen-bond donors (Lipinski definition) is 2. The number of aromatic nitrogens is 3. The molecule has 4 rings (SSSR count). The summed E-state index contributed by atoms with van der Waals surface area (Å²) in [5, 5.41) is 10.1. The summed E-state index contributed by atoms with van der Waals surface area (Å²) >= 11 is 1.11.